The Labute approximate surface area is 116 Å². The third-order valence-corrected chi connectivity index (χ3v) is 3.98. The van der Waals surface area contributed by atoms with Gasteiger partial charge in [0.05, 0.1) is 0 Å². The highest BCUT2D eigenvalue weighted by molar-refractivity contribution is 5.34. The third-order valence-electron chi connectivity index (χ3n) is 3.98. The van der Waals surface area contributed by atoms with E-state index in [1.807, 2.05) is 12.1 Å². The van der Waals surface area contributed by atoms with Crippen molar-refractivity contribution in [3.63, 3.8) is 0 Å². The maximum absolute atomic E-state index is 13.4. The summed E-state index contributed by atoms with van der Waals surface area (Å²) in [5.41, 5.74) is 5.85. The highest BCUT2D eigenvalue weighted by atomic mass is 19.1. The fourth-order valence-electron chi connectivity index (χ4n) is 3.09. The Morgan fingerprint density at radius 2 is 1.55 bits per heavy atom. The number of halogens is 2. The number of nitrogens with two attached hydrogens (primary N) is 1. The summed E-state index contributed by atoms with van der Waals surface area (Å²) in [4.78, 5) is 0. The van der Waals surface area contributed by atoms with Crippen molar-refractivity contribution in [3.05, 3.63) is 70.8 Å². The molecule has 0 radical (unpaired) electrons. The molecular formula is C16H16F2N2. The number of rotatable bonds is 3. The van der Waals surface area contributed by atoms with E-state index in [1.165, 1.54) is 23.3 Å². The molecule has 0 heterocycles. The van der Waals surface area contributed by atoms with E-state index in [0.717, 1.165) is 18.9 Å². The molecule has 3 rings (SSSR count). The number of hydrazine groups is 1. The van der Waals surface area contributed by atoms with Gasteiger partial charge in [-0.25, -0.2) is 8.78 Å². The lowest BCUT2D eigenvalue weighted by Crippen LogP contribution is -2.34. The first kappa shape index (κ1) is 13.2. The average Bonchev–Trinajstić information content (AvgIpc) is 2.81. The maximum Gasteiger partial charge on any atom is 0.126 e. The van der Waals surface area contributed by atoms with E-state index in [1.54, 1.807) is 0 Å². The molecule has 1 aliphatic rings. The normalized spacial score (nSPS) is 16.1. The fourth-order valence-corrected chi connectivity index (χ4v) is 3.09. The van der Waals surface area contributed by atoms with Gasteiger partial charge in [0, 0.05) is 12.1 Å². The van der Waals surface area contributed by atoms with Crippen LogP contribution in [-0.2, 0) is 12.8 Å². The van der Waals surface area contributed by atoms with Crippen LogP contribution in [-0.4, -0.2) is 0 Å². The van der Waals surface area contributed by atoms with Gasteiger partial charge in [0.15, 0.2) is 0 Å². The molecule has 2 aromatic rings. The van der Waals surface area contributed by atoms with E-state index >= 15 is 0 Å². The minimum Gasteiger partial charge on any atom is -0.271 e. The lowest BCUT2D eigenvalue weighted by molar-refractivity contribution is 0.377. The van der Waals surface area contributed by atoms with Crippen molar-refractivity contribution in [1.82, 2.24) is 5.43 Å². The van der Waals surface area contributed by atoms with Crippen molar-refractivity contribution in [2.75, 3.05) is 0 Å². The third kappa shape index (κ3) is 2.44. The SMILES string of the molecule is NNC(c1cc(F)cc(F)c1)C1Cc2ccccc2C1. The second-order valence-electron chi connectivity index (χ2n) is 5.28. The molecule has 0 aliphatic heterocycles. The minimum absolute atomic E-state index is 0.207. The van der Waals surface area contributed by atoms with E-state index in [-0.39, 0.29) is 12.0 Å². The zero-order valence-corrected chi connectivity index (χ0v) is 10.9. The molecule has 0 bridgehead atoms. The number of hydrogen-bond donors (Lipinski definition) is 2. The van der Waals surface area contributed by atoms with Crippen LogP contribution in [0.1, 0.15) is 22.7 Å². The Morgan fingerprint density at radius 1 is 1.00 bits per heavy atom. The first-order valence-electron chi connectivity index (χ1n) is 6.66. The van der Waals surface area contributed by atoms with Crippen LogP contribution in [0.2, 0.25) is 0 Å². The average molecular weight is 274 g/mol. The van der Waals surface area contributed by atoms with Crippen molar-refractivity contribution in [3.8, 4) is 0 Å². The molecule has 4 heteroatoms. The Morgan fingerprint density at radius 3 is 2.05 bits per heavy atom. The first-order valence-corrected chi connectivity index (χ1v) is 6.66. The van der Waals surface area contributed by atoms with Gasteiger partial charge in [-0.3, -0.25) is 11.3 Å². The van der Waals surface area contributed by atoms with Crippen molar-refractivity contribution >= 4 is 0 Å². The summed E-state index contributed by atoms with van der Waals surface area (Å²) in [6, 6.07) is 11.5. The summed E-state index contributed by atoms with van der Waals surface area (Å²) in [5.74, 6) is 4.69. The highest BCUT2D eigenvalue weighted by Crippen LogP contribution is 2.35. The Bertz CT molecular complexity index is 582. The van der Waals surface area contributed by atoms with Gasteiger partial charge >= 0.3 is 0 Å². The van der Waals surface area contributed by atoms with Crippen molar-refractivity contribution in [2.45, 2.75) is 18.9 Å². The van der Waals surface area contributed by atoms with Gasteiger partial charge in [0.25, 0.3) is 0 Å². The summed E-state index contributed by atoms with van der Waals surface area (Å²) < 4.78 is 26.7. The molecule has 2 aromatic carbocycles. The van der Waals surface area contributed by atoms with E-state index in [2.05, 4.69) is 17.6 Å². The Balaban J connectivity index is 1.88. The molecule has 1 aliphatic carbocycles. The fraction of sp³-hybridized carbons (Fsp3) is 0.250. The first-order chi connectivity index (χ1) is 9.67. The minimum atomic E-state index is -0.573. The smallest absolute Gasteiger partial charge is 0.126 e. The number of benzene rings is 2. The largest absolute Gasteiger partial charge is 0.271 e. The van der Waals surface area contributed by atoms with Gasteiger partial charge < -0.3 is 0 Å². The van der Waals surface area contributed by atoms with Crippen LogP contribution < -0.4 is 11.3 Å². The number of hydrogen-bond acceptors (Lipinski definition) is 2. The molecule has 2 nitrogen and oxygen atoms in total. The second-order valence-corrected chi connectivity index (χ2v) is 5.28. The molecule has 104 valence electrons. The highest BCUT2D eigenvalue weighted by Gasteiger charge is 2.29. The molecule has 0 saturated heterocycles. The summed E-state index contributed by atoms with van der Waals surface area (Å²) in [5, 5.41) is 0. The molecule has 20 heavy (non-hydrogen) atoms. The molecule has 0 fully saturated rings. The van der Waals surface area contributed by atoms with Crippen LogP contribution in [0, 0.1) is 17.6 Å². The topological polar surface area (TPSA) is 38.0 Å². The van der Waals surface area contributed by atoms with Gasteiger partial charge in [-0.1, -0.05) is 24.3 Å². The quantitative estimate of drug-likeness (QED) is 0.667. The second kappa shape index (κ2) is 5.31. The van der Waals surface area contributed by atoms with Crippen LogP contribution in [0.3, 0.4) is 0 Å². The van der Waals surface area contributed by atoms with E-state index in [9.17, 15) is 8.78 Å². The molecule has 0 saturated carbocycles. The molecule has 3 N–H and O–H groups in total. The van der Waals surface area contributed by atoms with Crippen molar-refractivity contribution < 1.29 is 8.78 Å². The van der Waals surface area contributed by atoms with Crippen LogP contribution in [0.15, 0.2) is 42.5 Å². The molecule has 1 unspecified atom stereocenters. The van der Waals surface area contributed by atoms with Crippen molar-refractivity contribution in [2.24, 2.45) is 11.8 Å². The van der Waals surface area contributed by atoms with Gasteiger partial charge in [-0.05, 0) is 47.6 Å². The Hall–Kier alpha value is -1.78. The lowest BCUT2D eigenvalue weighted by atomic mass is 9.91. The predicted octanol–water partition coefficient (Wildman–Crippen LogP) is 2.88. The van der Waals surface area contributed by atoms with Crippen LogP contribution in [0.25, 0.3) is 0 Å². The molecular weight excluding hydrogens is 258 g/mol. The standard InChI is InChI=1S/C16H16F2N2/c17-14-7-13(8-15(18)9-14)16(20-19)12-5-10-3-1-2-4-11(10)6-12/h1-4,7-9,12,16,20H,5-6,19H2. The van der Waals surface area contributed by atoms with E-state index < -0.39 is 11.6 Å². The van der Waals surface area contributed by atoms with Gasteiger partial charge in [0.1, 0.15) is 11.6 Å². The summed E-state index contributed by atoms with van der Waals surface area (Å²) in [6.07, 6.45) is 1.73. The molecule has 0 amide bonds. The Kier molecular flexibility index (Phi) is 3.51. The van der Waals surface area contributed by atoms with Gasteiger partial charge in [-0.2, -0.15) is 0 Å². The van der Waals surface area contributed by atoms with E-state index in [0.29, 0.717) is 5.56 Å². The van der Waals surface area contributed by atoms with Crippen LogP contribution in [0.4, 0.5) is 8.78 Å². The molecule has 1 atom stereocenters. The van der Waals surface area contributed by atoms with Gasteiger partial charge in [0.2, 0.25) is 0 Å². The molecule has 0 aromatic heterocycles. The lowest BCUT2D eigenvalue weighted by Gasteiger charge is -2.23. The van der Waals surface area contributed by atoms with Crippen LogP contribution >= 0.6 is 0 Å². The van der Waals surface area contributed by atoms with Crippen molar-refractivity contribution in [1.29, 1.82) is 0 Å². The monoisotopic (exact) mass is 274 g/mol. The summed E-state index contributed by atoms with van der Waals surface area (Å²) in [7, 11) is 0. The van der Waals surface area contributed by atoms with E-state index in [4.69, 9.17) is 5.84 Å². The summed E-state index contributed by atoms with van der Waals surface area (Å²) in [6.45, 7) is 0. The zero-order valence-electron chi connectivity index (χ0n) is 10.9. The van der Waals surface area contributed by atoms with Crippen LogP contribution in [0.5, 0.6) is 0 Å². The van der Waals surface area contributed by atoms with Gasteiger partial charge in [-0.15, -0.1) is 0 Å². The summed E-state index contributed by atoms with van der Waals surface area (Å²) >= 11 is 0. The predicted molar refractivity (Wildman–Crippen MR) is 73.8 cm³/mol. The zero-order chi connectivity index (χ0) is 14.1. The number of fused-ring (bicyclic) bond motifs is 1. The maximum atomic E-state index is 13.4. The number of nitrogens with one attached hydrogen (secondary N) is 1. The molecule has 0 spiro atoms.